The van der Waals surface area contributed by atoms with E-state index in [9.17, 15) is 9.90 Å². The first-order valence-corrected chi connectivity index (χ1v) is 11.0. The number of thiocarbonyl (C=S) groups is 1. The van der Waals surface area contributed by atoms with Gasteiger partial charge in [0.2, 0.25) is 0 Å². The Labute approximate surface area is 186 Å². The molecule has 1 saturated carbocycles. The Balaban J connectivity index is 1.59. The minimum Gasteiger partial charge on any atom is -0.478 e. The van der Waals surface area contributed by atoms with E-state index in [0.29, 0.717) is 6.04 Å². The van der Waals surface area contributed by atoms with Crippen LogP contribution in [0.5, 0.6) is 0 Å². The van der Waals surface area contributed by atoms with Crippen LogP contribution in [-0.2, 0) is 0 Å². The lowest BCUT2D eigenvalue weighted by Crippen LogP contribution is -2.38. The van der Waals surface area contributed by atoms with E-state index in [4.69, 9.17) is 12.2 Å². The van der Waals surface area contributed by atoms with Crippen LogP contribution in [0.1, 0.15) is 59.5 Å². The number of benzene rings is 1. The predicted molar refractivity (Wildman–Crippen MR) is 122 cm³/mol. The minimum absolute atomic E-state index is 0.000324. The molecule has 2 fully saturated rings. The van der Waals surface area contributed by atoms with Crippen molar-refractivity contribution in [2.75, 3.05) is 0 Å². The number of carboxylic acids is 1. The summed E-state index contributed by atoms with van der Waals surface area (Å²) in [5.41, 5.74) is 3.27. The van der Waals surface area contributed by atoms with Crippen molar-refractivity contribution in [2.45, 2.75) is 43.8 Å². The number of carbonyl (C=O) groups is 1. The number of aromatic carboxylic acids is 1. The van der Waals surface area contributed by atoms with Gasteiger partial charge in [0.25, 0.3) is 0 Å². The third-order valence-corrected chi connectivity index (χ3v) is 6.66. The van der Waals surface area contributed by atoms with Gasteiger partial charge in [-0.2, -0.15) is 0 Å². The summed E-state index contributed by atoms with van der Waals surface area (Å²) in [5, 5.41) is 13.6. The summed E-state index contributed by atoms with van der Waals surface area (Å²) in [7, 11) is 0. The molecule has 0 bridgehead atoms. The largest absolute Gasteiger partial charge is 0.478 e. The molecule has 2 atom stereocenters. The molecule has 3 aromatic rings. The molecule has 7 heteroatoms. The van der Waals surface area contributed by atoms with Crippen molar-refractivity contribution in [3.63, 3.8) is 0 Å². The zero-order chi connectivity index (χ0) is 21.4. The van der Waals surface area contributed by atoms with Crippen molar-refractivity contribution >= 4 is 23.3 Å². The van der Waals surface area contributed by atoms with E-state index in [-0.39, 0.29) is 17.6 Å². The molecular formula is C24H24N4O2S. The smallest absolute Gasteiger partial charge is 0.335 e. The number of carboxylic acid groups (broad SMARTS) is 1. The van der Waals surface area contributed by atoms with Crippen molar-refractivity contribution in [3.8, 4) is 5.69 Å². The molecule has 5 rings (SSSR count). The molecule has 2 aliphatic rings. The van der Waals surface area contributed by atoms with E-state index in [1.165, 1.54) is 12.8 Å². The van der Waals surface area contributed by atoms with Gasteiger partial charge in [-0.3, -0.25) is 4.98 Å². The summed E-state index contributed by atoms with van der Waals surface area (Å²) >= 11 is 5.82. The van der Waals surface area contributed by atoms with E-state index in [0.717, 1.165) is 35.0 Å². The lowest BCUT2D eigenvalue weighted by molar-refractivity contribution is 0.0697. The summed E-state index contributed by atoms with van der Waals surface area (Å²) in [4.78, 5) is 18.3. The summed E-state index contributed by atoms with van der Waals surface area (Å²) < 4.78 is 2.13. The van der Waals surface area contributed by atoms with Crippen LogP contribution >= 0.6 is 12.2 Å². The summed E-state index contributed by atoms with van der Waals surface area (Å²) in [5.74, 6) is -0.924. The van der Waals surface area contributed by atoms with Crippen LogP contribution in [0.4, 0.5) is 0 Å². The quantitative estimate of drug-likeness (QED) is 0.579. The molecule has 158 valence electrons. The van der Waals surface area contributed by atoms with Gasteiger partial charge < -0.3 is 19.9 Å². The van der Waals surface area contributed by atoms with E-state index in [1.54, 1.807) is 12.1 Å². The molecule has 3 heterocycles. The molecular weight excluding hydrogens is 408 g/mol. The summed E-state index contributed by atoms with van der Waals surface area (Å²) in [6.45, 7) is 0. The minimum atomic E-state index is -0.924. The Bertz CT molecular complexity index is 1090. The van der Waals surface area contributed by atoms with Crippen LogP contribution < -0.4 is 5.32 Å². The van der Waals surface area contributed by atoms with Gasteiger partial charge in [0, 0.05) is 29.8 Å². The first-order chi connectivity index (χ1) is 15.1. The number of nitrogens with zero attached hydrogens (tertiary/aromatic N) is 3. The highest BCUT2D eigenvalue weighted by Crippen LogP contribution is 2.43. The molecule has 1 aliphatic carbocycles. The fraction of sp³-hybridized carbons (Fsp3) is 0.292. The molecule has 1 saturated heterocycles. The van der Waals surface area contributed by atoms with E-state index in [2.05, 4.69) is 25.8 Å². The van der Waals surface area contributed by atoms with Gasteiger partial charge in [0.1, 0.15) is 0 Å². The fourth-order valence-electron chi connectivity index (χ4n) is 4.89. The van der Waals surface area contributed by atoms with Gasteiger partial charge in [-0.15, -0.1) is 0 Å². The monoisotopic (exact) mass is 432 g/mol. The highest BCUT2D eigenvalue weighted by molar-refractivity contribution is 7.80. The molecule has 0 amide bonds. The molecule has 1 aromatic carbocycles. The van der Waals surface area contributed by atoms with Crippen molar-refractivity contribution < 1.29 is 9.90 Å². The lowest BCUT2D eigenvalue weighted by Gasteiger charge is -2.33. The van der Waals surface area contributed by atoms with E-state index >= 15 is 0 Å². The van der Waals surface area contributed by atoms with Gasteiger partial charge in [-0.25, -0.2) is 4.79 Å². The average molecular weight is 433 g/mol. The third-order valence-electron chi connectivity index (χ3n) is 6.33. The summed E-state index contributed by atoms with van der Waals surface area (Å²) in [6.07, 6.45) is 8.57. The van der Waals surface area contributed by atoms with E-state index < -0.39 is 5.97 Å². The molecule has 1 aliphatic heterocycles. The normalized spacial score (nSPS) is 21.4. The fourth-order valence-corrected chi connectivity index (χ4v) is 5.28. The summed E-state index contributed by atoms with van der Waals surface area (Å²) in [6, 6.07) is 17.5. The maximum absolute atomic E-state index is 11.3. The first-order valence-electron chi connectivity index (χ1n) is 10.6. The Morgan fingerprint density at radius 1 is 1.06 bits per heavy atom. The lowest BCUT2D eigenvalue weighted by atomic mass is 9.99. The predicted octanol–water partition coefficient (Wildman–Crippen LogP) is 4.49. The third kappa shape index (κ3) is 3.59. The maximum atomic E-state index is 11.3. The first kappa shape index (κ1) is 19.8. The van der Waals surface area contributed by atoms with Crippen molar-refractivity contribution in [2.24, 2.45) is 0 Å². The molecule has 0 unspecified atom stereocenters. The number of nitrogens with one attached hydrogen (secondary N) is 1. The molecule has 0 spiro atoms. The van der Waals surface area contributed by atoms with Crippen LogP contribution in [-0.4, -0.2) is 36.7 Å². The Hall–Kier alpha value is -3.19. The molecule has 6 nitrogen and oxygen atoms in total. The van der Waals surface area contributed by atoms with Crippen LogP contribution in [0.25, 0.3) is 5.69 Å². The molecule has 31 heavy (non-hydrogen) atoms. The molecule has 2 aromatic heterocycles. The van der Waals surface area contributed by atoms with Gasteiger partial charge in [-0.1, -0.05) is 18.9 Å². The zero-order valence-corrected chi connectivity index (χ0v) is 17.8. The Morgan fingerprint density at radius 3 is 2.52 bits per heavy atom. The van der Waals surface area contributed by atoms with Crippen LogP contribution in [0.3, 0.4) is 0 Å². The number of rotatable bonds is 5. The second-order valence-electron chi connectivity index (χ2n) is 8.13. The average Bonchev–Trinajstić information content (AvgIpc) is 3.54. The number of aromatic nitrogens is 2. The number of pyridine rings is 1. The molecule has 0 radical (unpaired) electrons. The van der Waals surface area contributed by atoms with Crippen LogP contribution in [0.15, 0.2) is 67.0 Å². The van der Waals surface area contributed by atoms with Gasteiger partial charge in [0.05, 0.1) is 23.3 Å². The zero-order valence-electron chi connectivity index (χ0n) is 17.0. The number of hydrogen-bond donors (Lipinski definition) is 2. The van der Waals surface area contributed by atoms with Crippen molar-refractivity contribution in [3.05, 3.63) is 83.9 Å². The van der Waals surface area contributed by atoms with E-state index in [1.807, 2.05) is 48.8 Å². The van der Waals surface area contributed by atoms with Gasteiger partial charge >= 0.3 is 5.97 Å². The standard InChI is InChI=1S/C24H24N4O2S/c29-23(30)16-10-12-17(13-11-16)27-15-5-9-20(27)22-21(19-8-3-4-14-25-19)26-24(31)28(22)18-6-1-2-7-18/h3-5,8-15,18,21-22H,1-2,6-7H2,(H,26,31)(H,29,30)/t21-,22+/m1/s1. The molecule has 2 N–H and O–H groups in total. The van der Waals surface area contributed by atoms with Crippen LogP contribution in [0, 0.1) is 0 Å². The highest BCUT2D eigenvalue weighted by Gasteiger charge is 2.44. The highest BCUT2D eigenvalue weighted by atomic mass is 32.1. The Morgan fingerprint density at radius 2 is 1.84 bits per heavy atom. The second-order valence-corrected chi connectivity index (χ2v) is 8.51. The van der Waals surface area contributed by atoms with Crippen molar-refractivity contribution in [1.82, 2.24) is 19.8 Å². The topological polar surface area (TPSA) is 70.4 Å². The Kier molecular flexibility index (Phi) is 5.19. The van der Waals surface area contributed by atoms with Crippen LogP contribution in [0.2, 0.25) is 0 Å². The SMILES string of the molecule is O=C(O)c1ccc(-n2cccc2[C@H]2[C@@H](c3ccccn3)NC(=S)N2C2CCCC2)cc1. The maximum Gasteiger partial charge on any atom is 0.335 e. The second kappa shape index (κ2) is 8.15. The van der Waals surface area contributed by atoms with Crippen molar-refractivity contribution in [1.29, 1.82) is 0 Å². The number of hydrogen-bond acceptors (Lipinski definition) is 3. The van der Waals surface area contributed by atoms with Gasteiger partial charge in [0.15, 0.2) is 5.11 Å². The van der Waals surface area contributed by atoms with Gasteiger partial charge in [-0.05, 0) is 73.6 Å².